The topological polar surface area (TPSA) is 40.5 Å². The van der Waals surface area contributed by atoms with Crippen LogP contribution in [0.4, 0.5) is 22.0 Å². The summed E-state index contributed by atoms with van der Waals surface area (Å²) >= 11 is 0. The van der Waals surface area contributed by atoms with Crippen LogP contribution in [0.25, 0.3) is 0 Å². The molecule has 1 aromatic carbocycles. The van der Waals surface area contributed by atoms with Crippen molar-refractivity contribution in [3.8, 4) is 0 Å². The molecule has 1 aromatic rings. The van der Waals surface area contributed by atoms with E-state index in [4.69, 9.17) is 10.2 Å². The molecule has 2 N–H and O–H groups in total. The van der Waals surface area contributed by atoms with E-state index in [1.54, 1.807) is 0 Å². The van der Waals surface area contributed by atoms with Gasteiger partial charge < -0.3 is 10.2 Å². The number of hydrogen-bond acceptors (Lipinski definition) is 2. The standard InChI is InChI=1S/C11H12F5O2S/c12-7-6(5-19(3-1-17)4-2-18)8(13)10(15)11(16)9(7)14/h17-18H,1-5H2/q+1. The second-order valence-electron chi connectivity index (χ2n) is 3.66. The monoisotopic (exact) mass is 303 g/mol. The van der Waals surface area contributed by atoms with Gasteiger partial charge in [0, 0.05) is 0 Å². The molecule has 8 heteroatoms. The van der Waals surface area contributed by atoms with Gasteiger partial charge >= 0.3 is 0 Å². The van der Waals surface area contributed by atoms with Crippen molar-refractivity contribution in [2.45, 2.75) is 5.75 Å². The molecule has 0 fully saturated rings. The number of rotatable bonds is 6. The summed E-state index contributed by atoms with van der Waals surface area (Å²) in [7, 11) is -0.855. The van der Waals surface area contributed by atoms with E-state index >= 15 is 0 Å². The van der Waals surface area contributed by atoms with Crippen LogP contribution in [0.1, 0.15) is 5.56 Å². The maximum absolute atomic E-state index is 13.4. The van der Waals surface area contributed by atoms with Crippen LogP contribution in [0.15, 0.2) is 0 Å². The average molecular weight is 303 g/mol. The Morgan fingerprint density at radius 2 is 1.05 bits per heavy atom. The van der Waals surface area contributed by atoms with Gasteiger partial charge in [-0.05, 0) is 10.9 Å². The first-order valence-corrected chi connectivity index (χ1v) is 7.03. The van der Waals surface area contributed by atoms with Gasteiger partial charge in [0.25, 0.3) is 0 Å². The van der Waals surface area contributed by atoms with Crippen molar-refractivity contribution in [3.63, 3.8) is 0 Å². The summed E-state index contributed by atoms with van der Waals surface area (Å²) in [5.41, 5.74) is -0.901. The molecule has 0 spiro atoms. The van der Waals surface area contributed by atoms with E-state index in [-0.39, 0.29) is 24.7 Å². The number of halogens is 5. The van der Waals surface area contributed by atoms with Crippen LogP contribution in [-0.4, -0.2) is 34.9 Å². The second-order valence-corrected chi connectivity index (χ2v) is 5.99. The minimum absolute atomic E-state index is 0.125. The average Bonchev–Trinajstić information content (AvgIpc) is 2.39. The fraction of sp³-hybridized carbons (Fsp3) is 0.455. The van der Waals surface area contributed by atoms with Gasteiger partial charge in [0.1, 0.15) is 17.3 Å². The summed E-state index contributed by atoms with van der Waals surface area (Å²) in [4.78, 5) is 0. The van der Waals surface area contributed by atoms with E-state index in [9.17, 15) is 22.0 Å². The summed E-state index contributed by atoms with van der Waals surface area (Å²) in [6.45, 7) is -0.586. The first-order valence-electron chi connectivity index (χ1n) is 5.30. The first kappa shape index (κ1) is 16.2. The van der Waals surface area contributed by atoms with Crippen molar-refractivity contribution in [2.24, 2.45) is 0 Å². The predicted octanol–water partition coefficient (Wildman–Crippen LogP) is 1.49. The highest BCUT2D eigenvalue weighted by molar-refractivity contribution is 7.96. The SMILES string of the molecule is OCC[S+](CCO)Cc1c(F)c(F)c(F)c(F)c1F. The van der Waals surface area contributed by atoms with E-state index in [1.165, 1.54) is 0 Å². The summed E-state index contributed by atoms with van der Waals surface area (Å²) in [6.07, 6.45) is 0. The lowest BCUT2D eigenvalue weighted by molar-refractivity contribution is 0.316. The molecular weight excluding hydrogens is 291 g/mol. The normalized spacial score (nSPS) is 11.4. The number of aliphatic hydroxyl groups excluding tert-OH is 2. The minimum Gasteiger partial charge on any atom is -0.391 e. The van der Waals surface area contributed by atoms with Crippen molar-refractivity contribution < 1.29 is 32.2 Å². The fourth-order valence-corrected chi connectivity index (χ4v) is 3.16. The van der Waals surface area contributed by atoms with Gasteiger partial charge in [0.15, 0.2) is 23.3 Å². The lowest BCUT2D eigenvalue weighted by Crippen LogP contribution is -2.21. The highest BCUT2D eigenvalue weighted by Crippen LogP contribution is 2.25. The number of aliphatic hydroxyl groups is 2. The van der Waals surface area contributed by atoms with Gasteiger partial charge in [-0.15, -0.1) is 0 Å². The van der Waals surface area contributed by atoms with Gasteiger partial charge in [0.2, 0.25) is 5.82 Å². The molecule has 0 aliphatic heterocycles. The van der Waals surface area contributed by atoms with Crippen molar-refractivity contribution >= 4 is 10.9 Å². The molecule has 1 rings (SSSR count). The molecule has 0 aliphatic carbocycles. The Balaban J connectivity index is 3.12. The lowest BCUT2D eigenvalue weighted by Gasteiger charge is -2.10. The van der Waals surface area contributed by atoms with E-state index < -0.39 is 51.3 Å². The second kappa shape index (κ2) is 7.06. The maximum Gasteiger partial charge on any atom is 0.200 e. The minimum atomic E-state index is -2.19. The molecule has 0 aromatic heterocycles. The molecular formula is C11H12F5O2S+. The third-order valence-electron chi connectivity index (χ3n) is 2.41. The first-order chi connectivity index (χ1) is 8.93. The third kappa shape index (κ3) is 3.58. The Morgan fingerprint density at radius 1 is 0.684 bits per heavy atom. The van der Waals surface area contributed by atoms with Gasteiger partial charge in [-0.25, -0.2) is 22.0 Å². The lowest BCUT2D eigenvalue weighted by atomic mass is 10.2. The van der Waals surface area contributed by atoms with Crippen molar-refractivity contribution in [3.05, 3.63) is 34.6 Å². The smallest absolute Gasteiger partial charge is 0.200 e. The largest absolute Gasteiger partial charge is 0.391 e. The molecule has 2 nitrogen and oxygen atoms in total. The molecule has 0 saturated carbocycles. The summed E-state index contributed by atoms with van der Waals surface area (Å²) < 4.78 is 65.6. The van der Waals surface area contributed by atoms with E-state index in [0.29, 0.717) is 0 Å². The zero-order valence-electron chi connectivity index (χ0n) is 9.73. The molecule has 0 radical (unpaired) electrons. The molecule has 0 heterocycles. The van der Waals surface area contributed by atoms with E-state index in [2.05, 4.69) is 0 Å². The van der Waals surface area contributed by atoms with Crippen LogP contribution in [0.5, 0.6) is 0 Å². The van der Waals surface area contributed by atoms with Crippen LogP contribution >= 0.6 is 0 Å². The Hall–Kier alpha value is -0.860. The Labute approximate surface area is 109 Å². The van der Waals surface area contributed by atoms with Crippen LogP contribution in [0.3, 0.4) is 0 Å². The zero-order valence-corrected chi connectivity index (χ0v) is 10.5. The number of hydrogen-bond donors (Lipinski definition) is 2. The van der Waals surface area contributed by atoms with Crippen LogP contribution in [0, 0.1) is 29.1 Å². The van der Waals surface area contributed by atoms with Crippen molar-refractivity contribution in [1.29, 1.82) is 0 Å². The van der Waals surface area contributed by atoms with Crippen LogP contribution < -0.4 is 0 Å². The Bertz CT molecular complexity index is 420. The fourth-order valence-electron chi connectivity index (χ4n) is 1.49. The third-order valence-corrected chi connectivity index (χ3v) is 4.63. The van der Waals surface area contributed by atoms with Gasteiger partial charge in [-0.2, -0.15) is 0 Å². The van der Waals surface area contributed by atoms with Gasteiger partial charge in [-0.3, -0.25) is 0 Å². The Morgan fingerprint density at radius 3 is 1.42 bits per heavy atom. The molecule has 0 atom stereocenters. The maximum atomic E-state index is 13.4. The van der Waals surface area contributed by atoms with Crippen LogP contribution in [-0.2, 0) is 16.6 Å². The van der Waals surface area contributed by atoms with Gasteiger partial charge in [0.05, 0.1) is 18.8 Å². The molecule has 0 unspecified atom stereocenters. The van der Waals surface area contributed by atoms with E-state index in [0.717, 1.165) is 0 Å². The highest BCUT2D eigenvalue weighted by atomic mass is 32.2. The molecule has 108 valence electrons. The van der Waals surface area contributed by atoms with Crippen molar-refractivity contribution in [1.82, 2.24) is 0 Å². The highest BCUT2D eigenvalue weighted by Gasteiger charge is 2.30. The number of benzene rings is 1. The Kier molecular flexibility index (Phi) is 6.02. The van der Waals surface area contributed by atoms with Crippen LogP contribution in [0.2, 0.25) is 0 Å². The van der Waals surface area contributed by atoms with Crippen molar-refractivity contribution in [2.75, 3.05) is 24.7 Å². The summed E-state index contributed by atoms with van der Waals surface area (Å²) in [5.74, 6) is -10.0. The molecule has 19 heavy (non-hydrogen) atoms. The molecule has 0 amide bonds. The molecule has 0 bridgehead atoms. The summed E-state index contributed by atoms with van der Waals surface area (Å²) in [6, 6.07) is 0. The van der Waals surface area contributed by atoms with Gasteiger partial charge in [-0.1, -0.05) is 0 Å². The predicted molar refractivity (Wildman–Crippen MR) is 61.2 cm³/mol. The summed E-state index contributed by atoms with van der Waals surface area (Å²) in [5, 5.41) is 17.5. The zero-order chi connectivity index (χ0) is 14.6. The quantitative estimate of drug-likeness (QED) is 0.362. The molecule has 0 aliphatic rings. The van der Waals surface area contributed by atoms with E-state index in [1.807, 2.05) is 0 Å². The molecule has 0 saturated heterocycles.